The molecule has 0 spiro atoms. The number of carbonyl (C=O) groups is 1. The van der Waals surface area contributed by atoms with E-state index < -0.39 is 11.5 Å². The van der Waals surface area contributed by atoms with E-state index in [-0.39, 0.29) is 13.2 Å². The molecule has 100 valence electrons. The minimum Gasteiger partial charge on any atom is -0.493 e. The largest absolute Gasteiger partial charge is 0.493 e. The maximum absolute atomic E-state index is 10.8. The van der Waals surface area contributed by atoms with Gasteiger partial charge in [-0.2, -0.15) is 0 Å². The first-order valence-corrected chi connectivity index (χ1v) is 5.33. The second-order valence-electron chi connectivity index (χ2n) is 4.15. The van der Waals surface area contributed by atoms with Crippen LogP contribution < -0.4 is 15.2 Å². The highest BCUT2D eigenvalue weighted by molar-refractivity contribution is 5.78. The summed E-state index contributed by atoms with van der Waals surface area (Å²) in [5.74, 6) is -0.344. The van der Waals surface area contributed by atoms with Gasteiger partial charge in [0.1, 0.15) is 12.1 Å². The lowest BCUT2D eigenvalue weighted by molar-refractivity contribution is -0.143. The zero-order valence-corrected chi connectivity index (χ0v) is 10.3. The Morgan fingerprint density at radius 3 is 2.61 bits per heavy atom. The Labute approximate surface area is 105 Å². The van der Waals surface area contributed by atoms with Gasteiger partial charge in [0.05, 0.1) is 13.7 Å². The first kappa shape index (κ1) is 14.3. The quantitative estimate of drug-likeness (QED) is 0.678. The molecule has 0 saturated heterocycles. The molecule has 0 radical (unpaired) electrons. The number of methoxy groups -OCH3 is 1. The van der Waals surface area contributed by atoms with Crippen LogP contribution in [0, 0.1) is 0 Å². The van der Waals surface area contributed by atoms with Crippen LogP contribution in [0.3, 0.4) is 0 Å². The Balaban J connectivity index is 2.82. The molecule has 6 heteroatoms. The molecule has 0 aliphatic carbocycles. The highest BCUT2D eigenvalue weighted by Crippen LogP contribution is 2.28. The van der Waals surface area contributed by atoms with Crippen LogP contribution in [-0.4, -0.2) is 35.4 Å². The van der Waals surface area contributed by atoms with Gasteiger partial charge in [0.15, 0.2) is 11.5 Å². The van der Waals surface area contributed by atoms with Crippen LogP contribution in [-0.2, 0) is 11.4 Å². The van der Waals surface area contributed by atoms with E-state index in [1.807, 2.05) is 0 Å². The molecule has 18 heavy (non-hydrogen) atoms. The minimum atomic E-state index is -1.47. The Hall–Kier alpha value is -1.79. The van der Waals surface area contributed by atoms with E-state index in [0.29, 0.717) is 17.1 Å². The summed E-state index contributed by atoms with van der Waals surface area (Å²) in [5.41, 5.74) is 4.75. The molecule has 0 aromatic heterocycles. The molecule has 0 saturated carbocycles. The van der Waals surface area contributed by atoms with Crippen LogP contribution in [0.1, 0.15) is 12.5 Å². The average molecular weight is 255 g/mol. The Morgan fingerprint density at radius 1 is 1.44 bits per heavy atom. The molecular formula is C12H17NO5. The lowest BCUT2D eigenvalue weighted by atomic mass is 10.1. The SMILES string of the molecule is COc1cc(CO)ccc1OCC(C)(N)C(=O)O. The molecule has 1 aromatic rings. The van der Waals surface area contributed by atoms with Gasteiger partial charge in [0, 0.05) is 0 Å². The molecule has 6 nitrogen and oxygen atoms in total. The fourth-order valence-electron chi connectivity index (χ4n) is 1.22. The molecule has 1 aromatic carbocycles. The second kappa shape index (κ2) is 5.70. The van der Waals surface area contributed by atoms with Crippen molar-refractivity contribution in [1.29, 1.82) is 0 Å². The molecule has 0 heterocycles. The van der Waals surface area contributed by atoms with Crippen molar-refractivity contribution in [1.82, 2.24) is 0 Å². The number of aliphatic hydroxyl groups excluding tert-OH is 1. The standard InChI is InChI=1S/C12H17NO5/c1-12(13,11(15)16)7-18-9-4-3-8(6-14)5-10(9)17-2/h3-5,14H,6-7,13H2,1-2H3,(H,15,16). The fraction of sp³-hybridized carbons (Fsp3) is 0.417. The van der Waals surface area contributed by atoms with Crippen molar-refractivity contribution in [3.8, 4) is 11.5 Å². The summed E-state index contributed by atoms with van der Waals surface area (Å²) in [6, 6.07) is 4.87. The van der Waals surface area contributed by atoms with E-state index >= 15 is 0 Å². The highest BCUT2D eigenvalue weighted by atomic mass is 16.5. The average Bonchev–Trinajstić information content (AvgIpc) is 2.35. The number of hydrogen-bond donors (Lipinski definition) is 3. The van der Waals surface area contributed by atoms with Crippen molar-refractivity contribution < 1.29 is 24.5 Å². The normalized spacial score (nSPS) is 13.8. The van der Waals surface area contributed by atoms with Crippen molar-refractivity contribution in [2.75, 3.05) is 13.7 Å². The summed E-state index contributed by atoms with van der Waals surface area (Å²) in [7, 11) is 1.46. The Kier molecular flexibility index (Phi) is 4.52. The molecular weight excluding hydrogens is 238 g/mol. The number of hydrogen-bond acceptors (Lipinski definition) is 5. The zero-order valence-electron chi connectivity index (χ0n) is 10.3. The van der Waals surface area contributed by atoms with E-state index in [1.165, 1.54) is 14.0 Å². The van der Waals surface area contributed by atoms with Crippen LogP contribution >= 0.6 is 0 Å². The predicted octanol–water partition coefficient (Wildman–Crippen LogP) is 0.368. The highest BCUT2D eigenvalue weighted by Gasteiger charge is 2.29. The number of nitrogens with two attached hydrogens (primary N) is 1. The van der Waals surface area contributed by atoms with E-state index in [1.54, 1.807) is 18.2 Å². The van der Waals surface area contributed by atoms with Crippen molar-refractivity contribution in [3.05, 3.63) is 23.8 Å². The number of rotatable bonds is 6. The van der Waals surface area contributed by atoms with E-state index in [9.17, 15) is 4.79 Å². The number of ether oxygens (including phenoxy) is 2. The number of benzene rings is 1. The van der Waals surface area contributed by atoms with Crippen molar-refractivity contribution in [2.45, 2.75) is 19.1 Å². The monoisotopic (exact) mass is 255 g/mol. The van der Waals surface area contributed by atoms with Gasteiger partial charge in [0.25, 0.3) is 0 Å². The van der Waals surface area contributed by atoms with Gasteiger partial charge >= 0.3 is 5.97 Å². The van der Waals surface area contributed by atoms with Gasteiger partial charge in [-0.05, 0) is 24.6 Å². The third kappa shape index (κ3) is 3.35. The molecule has 0 fully saturated rings. The van der Waals surface area contributed by atoms with Gasteiger partial charge in [-0.15, -0.1) is 0 Å². The third-order valence-electron chi connectivity index (χ3n) is 2.43. The first-order valence-electron chi connectivity index (χ1n) is 5.33. The van der Waals surface area contributed by atoms with Crippen LogP contribution in [0.4, 0.5) is 0 Å². The third-order valence-corrected chi connectivity index (χ3v) is 2.43. The molecule has 1 atom stereocenters. The van der Waals surface area contributed by atoms with Crippen LogP contribution in [0.15, 0.2) is 18.2 Å². The van der Waals surface area contributed by atoms with Gasteiger partial charge in [-0.3, -0.25) is 4.79 Å². The lowest BCUT2D eigenvalue weighted by Gasteiger charge is -2.20. The summed E-state index contributed by atoms with van der Waals surface area (Å²) in [6.45, 7) is 1.07. The van der Waals surface area contributed by atoms with Crippen molar-refractivity contribution >= 4 is 5.97 Å². The van der Waals surface area contributed by atoms with Crippen molar-refractivity contribution in [3.63, 3.8) is 0 Å². The van der Waals surface area contributed by atoms with E-state index in [4.69, 9.17) is 25.4 Å². The first-order chi connectivity index (χ1) is 8.40. The molecule has 4 N–H and O–H groups in total. The molecule has 1 unspecified atom stereocenters. The van der Waals surface area contributed by atoms with Crippen LogP contribution in [0.5, 0.6) is 11.5 Å². The molecule has 0 aliphatic heterocycles. The number of carboxylic acids is 1. The lowest BCUT2D eigenvalue weighted by Crippen LogP contribution is -2.49. The Morgan fingerprint density at radius 2 is 2.11 bits per heavy atom. The smallest absolute Gasteiger partial charge is 0.326 e. The van der Waals surface area contributed by atoms with Crippen LogP contribution in [0.25, 0.3) is 0 Å². The van der Waals surface area contributed by atoms with Crippen LogP contribution in [0.2, 0.25) is 0 Å². The molecule has 0 bridgehead atoms. The van der Waals surface area contributed by atoms with Crippen molar-refractivity contribution in [2.24, 2.45) is 5.73 Å². The maximum atomic E-state index is 10.8. The Bertz CT molecular complexity index is 430. The summed E-state index contributed by atoms with van der Waals surface area (Å²) in [6.07, 6.45) is 0. The fourth-order valence-corrected chi connectivity index (χ4v) is 1.22. The molecule has 0 aliphatic rings. The minimum absolute atomic E-state index is 0.111. The summed E-state index contributed by atoms with van der Waals surface area (Å²) in [5, 5.41) is 17.8. The predicted molar refractivity (Wildman–Crippen MR) is 64.6 cm³/mol. The topological polar surface area (TPSA) is 102 Å². The number of aliphatic carboxylic acids is 1. The van der Waals surface area contributed by atoms with Gasteiger partial charge in [-0.1, -0.05) is 6.07 Å². The maximum Gasteiger partial charge on any atom is 0.326 e. The van der Waals surface area contributed by atoms with Gasteiger partial charge in [0.2, 0.25) is 0 Å². The number of carboxylic acid groups (broad SMARTS) is 1. The summed E-state index contributed by atoms with van der Waals surface area (Å²) >= 11 is 0. The second-order valence-corrected chi connectivity index (χ2v) is 4.15. The van der Waals surface area contributed by atoms with E-state index in [0.717, 1.165) is 0 Å². The van der Waals surface area contributed by atoms with Gasteiger partial charge < -0.3 is 25.4 Å². The molecule has 1 rings (SSSR count). The van der Waals surface area contributed by atoms with E-state index in [2.05, 4.69) is 0 Å². The number of aliphatic hydroxyl groups is 1. The summed E-state index contributed by atoms with van der Waals surface area (Å²) < 4.78 is 10.4. The summed E-state index contributed by atoms with van der Waals surface area (Å²) in [4.78, 5) is 10.8. The van der Waals surface area contributed by atoms with Gasteiger partial charge in [-0.25, -0.2) is 0 Å². The molecule has 0 amide bonds. The zero-order chi connectivity index (χ0) is 13.8.